The van der Waals surface area contributed by atoms with Gasteiger partial charge in [-0.25, -0.2) is 0 Å². The van der Waals surface area contributed by atoms with Crippen LogP contribution < -0.4 is 10.1 Å². The van der Waals surface area contributed by atoms with Crippen LogP contribution >= 0.6 is 0 Å². The zero-order valence-corrected chi connectivity index (χ0v) is 9.12. The molecule has 0 radical (unpaired) electrons. The summed E-state index contributed by atoms with van der Waals surface area (Å²) in [6.45, 7) is 0. The highest BCUT2D eigenvalue weighted by Gasteiger charge is 2.29. The Hall–Kier alpha value is -1.18. The summed E-state index contributed by atoms with van der Waals surface area (Å²) in [6.07, 6.45) is 5.35. The molecule has 0 saturated heterocycles. The highest BCUT2D eigenvalue weighted by molar-refractivity contribution is 5.58. The zero-order chi connectivity index (χ0) is 10.3. The number of fused-ring (bicyclic) bond motifs is 4. The van der Waals surface area contributed by atoms with Crippen LogP contribution in [0.15, 0.2) is 18.2 Å². The molecule has 0 amide bonds. The molecule has 3 rings (SSSR count). The Labute approximate surface area is 90.6 Å². The van der Waals surface area contributed by atoms with Crippen molar-refractivity contribution in [3.63, 3.8) is 0 Å². The molecule has 2 bridgehead atoms. The quantitative estimate of drug-likeness (QED) is 0.757. The second-order valence-corrected chi connectivity index (χ2v) is 4.66. The van der Waals surface area contributed by atoms with Crippen LogP contribution in [0.5, 0.6) is 5.75 Å². The Morgan fingerprint density at radius 2 is 2.27 bits per heavy atom. The monoisotopic (exact) mass is 203 g/mol. The van der Waals surface area contributed by atoms with Crippen molar-refractivity contribution in [2.75, 3.05) is 12.4 Å². The maximum atomic E-state index is 5.29. The molecule has 2 atom stereocenters. The van der Waals surface area contributed by atoms with E-state index in [-0.39, 0.29) is 0 Å². The van der Waals surface area contributed by atoms with E-state index in [0.717, 1.165) is 11.7 Å². The molecule has 1 aliphatic carbocycles. The van der Waals surface area contributed by atoms with Gasteiger partial charge in [0.05, 0.1) is 7.11 Å². The van der Waals surface area contributed by atoms with Crippen LogP contribution in [0.3, 0.4) is 0 Å². The number of methoxy groups -OCH3 is 1. The molecule has 2 nitrogen and oxygen atoms in total. The Bertz CT molecular complexity index is 375. The Morgan fingerprint density at radius 1 is 1.33 bits per heavy atom. The Balaban J connectivity index is 2.02. The molecule has 1 fully saturated rings. The minimum atomic E-state index is 0.713. The smallest absolute Gasteiger partial charge is 0.119 e. The van der Waals surface area contributed by atoms with Crippen molar-refractivity contribution in [2.45, 2.75) is 37.6 Å². The van der Waals surface area contributed by atoms with Crippen LogP contribution in [-0.4, -0.2) is 13.2 Å². The second kappa shape index (κ2) is 3.44. The van der Waals surface area contributed by atoms with Gasteiger partial charge >= 0.3 is 0 Å². The van der Waals surface area contributed by atoms with Crippen LogP contribution in [0.2, 0.25) is 0 Å². The minimum absolute atomic E-state index is 0.713. The van der Waals surface area contributed by atoms with E-state index in [4.69, 9.17) is 4.74 Å². The van der Waals surface area contributed by atoms with Gasteiger partial charge in [0, 0.05) is 11.7 Å². The van der Waals surface area contributed by atoms with Crippen molar-refractivity contribution in [3.8, 4) is 5.75 Å². The van der Waals surface area contributed by atoms with Crippen molar-refractivity contribution in [1.29, 1.82) is 0 Å². The SMILES string of the molecule is COc1ccc2c(c1)C1CCCC(C1)N2. The number of rotatable bonds is 1. The first-order valence-electron chi connectivity index (χ1n) is 5.81. The first-order chi connectivity index (χ1) is 7.36. The maximum Gasteiger partial charge on any atom is 0.119 e. The molecule has 0 aromatic heterocycles. The third-order valence-corrected chi connectivity index (χ3v) is 3.73. The third kappa shape index (κ3) is 1.48. The topological polar surface area (TPSA) is 21.3 Å². The average Bonchev–Trinajstić information content (AvgIpc) is 2.29. The summed E-state index contributed by atoms with van der Waals surface area (Å²) in [5.41, 5.74) is 2.79. The van der Waals surface area contributed by atoms with Crippen molar-refractivity contribution in [3.05, 3.63) is 23.8 Å². The molecule has 1 heterocycles. The van der Waals surface area contributed by atoms with E-state index in [1.807, 2.05) is 6.07 Å². The molecule has 0 spiro atoms. The van der Waals surface area contributed by atoms with E-state index in [1.54, 1.807) is 7.11 Å². The fourth-order valence-corrected chi connectivity index (χ4v) is 2.96. The van der Waals surface area contributed by atoms with Crippen LogP contribution in [0.4, 0.5) is 5.69 Å². The molecule has 1 aromatic rings. The second-order valence-electron chi connectivity index (χ2n) is 4.66. The normalized spacial score (nSPS) is 27.8. The number of benzene rings is 1. The highest BCUT2D eigenvalue weighted by atomic mass is 16.5. The summed E-state index contributed by atoms with van der Waals surface area (Å²) in [5, 5.41) is 3.62. The molecule has 80 valence electrons. The molecule has 1 aromatic carbocycles. The zero-order valence-electron chi connectivity index (χ0n) is 9.12. The van der Waals surface area contributed by atoms with Gasteiger partial charge in [-0.15, -0.1) is 0 Å². The fraction of sp³-hybridized carbons (Fsp3) is 0.538. The lowest BCUT2D eigenvalue weighted by atomic mass is 9.77. The third-order valence-electron chi connectivity index (χ3n) is 3.73. The highest BCUT2D eigenvalue weighted by Crippen LogP contribution is 2.43. The van der Waals surface area contributed by atoms with Crippen LogP contribution in [-0.2, 0) is 0 Å². The van der Waals surface area contributed by atoms with Gasteiger partial charge in [-0.3, -0.25) is 0 Å². The van der Waals surface area contributed by atoms with Gasteiger partial charge in [0.25, 0.3) is 0 Å². The van der Waals surface area contributed by atoms with Crippen molar-refractivity contribution < 1.29 is 4.74 Å². The van der Waals surface area contributed by atoms with E-state index in [1.165, 1.54) is 36.9 Å². The predicted octanol–water partition coefficient (Wildman–Crippen LogP) is 3.15. The molecule has 2 aliphatic rings. The van der Waals surface area contributed by atoms with Crippen LogP contribution in [0, 0.1) is 0 Å². The van der Waals surface area contributed by atoms with Gasteiger partial charge in [-0.05, 0) is 48.9 Å². The molecular weight excluding hydrogens is 186 g/mol. The molecular formula is C13H17NO. The fourth-order valence-electron chi connectivity index (χ4n) is 2.96. The number of nitrogens with one attached hydrogen (secondary N) is 1. The van der Waals surface area contributed by atoms with Gasteiger partial charge in [0.15, 0.2) is 0 Å². The first-order valence-corrected chi connectivity index (χ1v) is 5.81. The standard InChI is InChI=1S/C13H17NO/c1-15-11-5-6-13-12(8-11)9-3-2-4-10(7-9)14-13/h5-6,8-10,14H,2-4,7H2,1H3. The van der Waals surface area contributed by atoms with E-state index >= 15 is 0 Å². The lowest BCUT2D eigenvalue weighted by Gasteiger charge is -2.37. The summed E-state index contributed by atoms with van der Waals surface area (Å²) in [4.78, 5) is 0. The van der Waals surface area contributed by atoms with Gasteiger partial charge in [0.1, 0.15) is 5.75 Å². The van der Waals surface area contributed by atoms with Crippen molar-refractivity contribution in [2.24, 2.45) is 0 Å². The molecule has 1 saturated carbocycles. The predicted molar refractivity (Wildman–Crippen MR) is 61.6 cm³/mol. The summed E-state index contributed by atoms with van der Waals surface area (Å²) in [6, 6.07) is 7.13. The molecule has 1 N–H and O–H groups in total. The molecule has 2 unspecified atom stereocenters. The van der Waals surface area contributed by atoms with E-state index in [0.29, 0.717) is 6.04 Å². The number of anilines is 1. The van der Waals surface area contributed by atoms with E-state index in [9.17, 15) is 0 Å². The van der Waals surface area contributed by atoms with Gasteiger partial charge in [-0.1, -0.05) is 6.42 Å². The van der Waals surface area contributed by atoms with Gasteiger partial charge in [-0.2, -0.15) is 0 Å². The average molecular weight is 203 g/mol. The van der Waals surface area contributed by atoms with E-state index in [2.05, 4.69) is 17.4 Å². The van der Waals surface area contributed by atoms with Crippen LogP contribution in [0.25, 0.3) is 0 Å². The molecule has 1 aliphatic heterocycles. The van der Waals surface area contributed by atoms with E-state index < -0.39 is 0 Å². The number of hydrogen-bond donors (Lipinski definition) is 1. The maximum absolute atomic E-state index is 5.29. The first kappa shape index (κ1) is 9.08. The largest absolute Gasteiger partial charge is 0.497 e. The summed E-state index contributed by atoms with van der Waals surface area (Å²) < 4.78 is 5.29. The van der Waals surface area contributed by atoms with Crippen molar-refractivity contribution >= 4 is 5.69 Å². The van der Waals surface area contributed by atoms with Crippen LogP contribution in [0.1, 0.15) is 37.2 Å². The van der Waals surface area contributed by atoms with Crippen molar-refractivity contribution in [1.82, 2.24) is 0 Å². The molecule has 2 heteroatoms. The lowest BCUT2D eigenvalue weighted by molar-refractivity contribution is 0.390. The molecule has 15 heavy (non-hydrogen) atoms. The summed E-state index contributed by atoms with van der Waals surface area (Å²) in [7, 11) is 1.74. The minimum Gasteiger partial charge on any atom is -0.497 e. The summed E-state index contributed by atoms with van der Waals surface area (Å²) in [5.74, 6) is 1.75. The number of hydrogen-bond acceptors (Lipinski definition) is 2. The Kier molecular flexibility index (Phi) is 2.08. The summed E-state index contributed by atoms with van der Waals surface area (Å²) >= 11 is 0. The van der Waals surface area contributed by atoms with Gasteiger partial charge in [0.2, 0.25) is 0 Å². The van der Waals surface area contributed by atoms with Gasteiger partial charge < -0.3 is 10.1 Å². The lowest BCUT2D eigenvalue weighted by Crippen LogP contribution is -2.31. The Morgan fingerprint density at radius 3 is 3.13 bits per heavy atom. The number of ether oxygens (including phenoxy) is 1.